The molecule has 1 aromatic carbocycles. The van der Waals surface area contributed by atoms with E-state index in [0.29, 0.717) is 5.56 Å². The van der Waals surface area contributed by atoms with Crippen molar-refractivity contribution in [1.82, 2.24) is 9.88 Å². The Labute approximate surface area is 124 Å². The maximum Gasteiger partial charge on any atom is 0.337 e. The van der Waals surface area contributed by atoms with Crippen molar-refractivity contribution in [3.63, 3.8) is 0 Å². The first-order valence-electron chi connectivity index (χ1n) is 7.09. The van der Waals surface area contributed by atoms with Crippen LogP contribution < -0.4 is 4.90 Å². The van der Waals surface area contributed by atoms with E-state index in [-0.39, 0.29) is 5.97 Å². The van der Waals surface area contributed by atoms with Crippen molar-refractivity contribution in [2.24, 2.45) is 0 Å². The van der Waals surface area contributed by atoms with Gasteiger partial charge in [-0.15, -0.1) is 0 Å². The molecule has 21 heavy (non-hydrogen) atoms. The van der Waals surface area contributed by atoms with Crippen LogP contribution in [0.5, 0.6) is 0 Å². The highest BCUT2D eigenvalue weighted by Gasteiger charge is 2.17. The summed E-state index contributed by atoms with van der Waals surface area (Å²) in [4.78, 5) is 20.8. The van der Waals surface area contributed by atoms with Crippen LogP contribution in [0.25, 0.3) is 10.9 Å². The highest BCUT2D eigenvalue weighted by atomic mass is 16.5. The van der Waals surface area contributed by atoms with Gasteiger partial charge in [0.25, 0.3) is 0 Å². The largest absolute Gasteiger partial charge is 0.465 e. The highest BCUT2D eigenvalue weighted by molar-refractivity contribution is 5.98. The molecule has 0 N–H and O–H groups in total. The molecular formula is C16H19N3O2. The maximum atomic E-state index is 11.7. The van der Waals surface area contributed by atoms with Gasteiger partial charge in [-0.25, -0.2) is 4.79 Å². The number of nitrogens with zero attached hydrogens (tertiary/aromatic N) is 3. The zero-order chi connectivity index (χ0) is 14.8. The molecule has 1 aliphatic heterocycles. The first-order chi connectivity index (χ1) is 10.2. The van der Waals surface area contributed by atoms with Crippen LogP contribution in [0.1, 0.15) is 10.4 Å². The molecule has 0 amide bonds. The summed E-state index contributed by atoms with van der Waals surface area (Å²) < 4.78 is 4.80. The molecule has 2 aromatic rings. The fraction of sp³-hybridized carbons (Fsp3) is 0.375. The molecule has 3 rings (SSSR count). The normalized spacial score (nSPS) is 16.2. The Morgan fingerprint density at radius 2 is 1.95 bits per heavy atom. The van der Waals surface area contributed by atoms with Crippen molar-refractivity contribution < 1.29 is 9.53 Å². The van der Waals surface area contributed by atoms with Crippen molar-refractivity contribution in [3.8, 4) is 0 Å². The van der Waals surface area contributed by atoms with Gasteiger partial charge in [-0.3, -0.25) is 4.98 Å². The number of hydrogen-bond acceptors (Lipinski definition) is 5. The Hall–Kier alpha value is -2.14. The Balaban J connectivity index is 2.03. The zero-order valence-electron chi connectivity index (χ0n) is 12.4. The van der Waals surface area contributed by atoms with Crippen LogP contribution in [-0.4, -0.2) is 56.2 Å². The van der Waals surface area contributed by atoms with E-state index in [1.165, 1.54) is 7.11 Å². The molecule has 0 saturated carbocycles. The zero-order valence-corrected chi connectivity index (χ0v) is 12.4. The summed E-state index contributed by atoms with van der Waals surface area (Å²) in [7, 11) is 3.54. The molecule has 0 spiro atoms. The van der Waals surface area contributed by atoms with Gasteiger partial charge < -0.3 is 14.5 Å². The van der Waals surface area contributed by atoms with Crippen molar-refractivity contribution >= 4 is 22.6 Å². The number of methoxy groups -OCH3 is 1. The molecule has 2 heterocycles. The number of hydrogen-bond donors (Lipinski definition) is 0. The summed E-state index contributed by atoms with van der Waals surface area (Å²) in [5.74, 6) is -0.315. The van der Waals surface area contributed by atoms with Crippen molar-refractivity contribution in [1.29, 1.82) is 0 Å². The Morgan fingerprint density at radius 1 is 1.19 bits per heavy atom. The molecule has 0 bridgehead atoms. The summed E-state index contributed by atoms with van der Waals surface area (Å²) in [6.45, 7) is 4.05. The van der Waals surface area contributed by atoms with E-state index in [1.54, 1.807) is 6.07 Å². The molecule has 0 unspecified atom stereocenters. The number of aromatic nitrogens is 1. The quantitative estimate of drug-likeness (QED) is 0.787. The van der Waals surface area contributed by atoms with Crippen LogP contribution in [0.3, 0.4) is 0 Å². The lowest BCUT2D eigenvalue weighted by Gasteiger charge is -2.34. The van der Waals surface area contributed by atoms with Crippen LogP contribution in [0.4, 0.5) is 5.69 Å². The molecular weight excluding hydrogens is 266 g/mol. The lowest BCUT2D eigenvalue weighted by Crippen LogP contribution is -2.44. The number of carbonyl (C=O) groups is 1. The molecule has 1 aromatic heterocycles. The lowest BCUT2D eigenvalue weighted by molar-refractivity contribution is 0.0601. The molecule has 5 nitrogen and oxygen atoms in total. The second-order valence-corrected chi connectivity index (χ2v) is 5.34. The maximum absolute atomic E-state index is 11.7. The van der Waals surface area contributed by atoms with Gasteiger partial charge in [0.15, 0.2) is 0 Å². The van der Waals surface area contributed by atoms with Gasteiger partial charge in [0.2, 0.25) is 0 Å². The van der Waals surface area contributed by atoms with Gasteiger partial charge in [0, 0.05) is 43.4 Å². The molecule has 1 fully saturated rings. The van der Waals surface area contributed by atoms with Crippen LogP contribution in [0.15, 0.2) is 30.5 Å². The Kier molecular flexibility index (Phi) is 3.75. The number of likely N-dealkylation sites (N-methyl/N-ethyl adjacent to an activating group) is 1. The fourth-order valence-corrected chi connectivity index (χ4v) is 2.70. The van der Waals surface area contributed by atoms with Gasteiger partial charge in [0.1, 0.15) is 0 Å². The van der Waals surface area contributed by atoms with Crippen LogP contribution >= 0.6 is 0 Å². The third-order valence-corrected chi connectivity index (χ3v) is 3.98. The summed E-state index contributed by atoms with van der Waals surface area (Å²) in [6, 6.07) is 7.53. The predicted molar refractivity (Wildman–Crippen MR) is 82.8 cm³/mol. The molecule has 0 atom stereocenters. The Bertz CT molecular complexity index is 664. The first-order valence-corrected chi connectivity index (χ1v) is 7.09. The predicted octanol–water partition coefficient (Wildman–Crippen LogP) is 1.77. The minimum atomic E-state index is -0.315. The number of carbonyl (C=O) groups excluding carboxylic acids is 1. The van der Waals surface area contributed by atoms with Crippen LogP contribution in [-0.2, 0) is 4.74 Å². The van der Waals surface area contributed by atoms with E-state index in [0.717, 1.165) is 42.8 Å². The third kappa shape index (κ3) is 2.69. The molecule has 1 aliphatic rings. The van der Waals surface area contributed by atoms with Crippen molar-refractivity contribution in [3.05, 3.63) is 36.0 Å². The highest BCUT2D eigenvalue weighted by Crippen LogP contribution is 2.27. The minimum absolute atomic E-state index is 0.315. The smallest absolute Gasteiger partial charge is 0.337 e. The molecule has 110 valence electrons. The van der Waals surface area contributed by atoms with Gasteiger partial charge in [0.05, 0.1) is 18.2 Å². The molecule has 0 radical (unpaired) electrons. The molecule has 5 heteroatoms. The number of ether oxygens (including phenoxy) is 1. The number of rotatable bonds is 2. The van der Waals surface area contributed by atoms with Crippen molar-refractivity contribution in [2.75, 3.05) is 45.2 Å². The second kappa shape index (κ2) is 5.69. The van der Waals surface area contributed by atoms with E-state index in [4.69, 9.17) is 4.74 Å². The fourth-order valence-electron chi connectivity index (χ4n) is 2.70. The number of benzene rings is 1. The SMILES string of the molecule is COC(=O)c1ccc2nccc(N3CCN(C)CC3)c2c1. The minimum Gasteiger partial charge on any atom is -0.465 e. The van der Waals surface area contributed by atoms with Gasteiger partial charge in [-0.1, -0.05) is 0 Å². The standard InChI is InChI=1S/C16H19N3O2/c1-18-7-9-19(10-8-18)15-5-6-17-14-4-3-12(11-13(14)15)16(20)21-2/h3-6,11H,7-10H2,1-2H3. The van der Waals surface area contributed by atoms with E-state index in [2.05, 4.69) is 21.8 Å². The Morgan fingerprint density at radius 3 is 2.67 bits per heavy atom. The average molecular weight is 285 g/mol. The summed E-state index contributed by atoms with van der Waals surface area (Å²) in [5, 5.41) is 1.00. The number of pyridine rings is 1. The molecule has 1 saturated heterocycles. The van der Waals surface area contributed by atoms with E-state index in [1.807, 2.05) is 24.4 Å². The summed E-state index contributed by atoms with van der Waals surface area (Å²) >= 11 is 0. The topological polar surface area (TPSA) is 45.7 Å². The van der Waals surface area contributed by atoms with Crippen LogP contribution in [0, 0.1) is 0 Å². The van der Waals surface area contributed by atoms with Crippen molar-refractivity contribution in [2.45, 2.75) is 0 Å². The van der Waals surface area contributed by atoms with Gasteiger partial charge in [-0.05, 0) is 31.3 Å². The number of anilines is 1. The van der Waals surface area contributed by atoms with Crippen LogP contribution in [0.2, 0.25) is 0 Å². The lowest BCUT2D eigenvalue weighted by atomic mass is 10.1. The van der Waals surface area contributed by atoms with Gasteiger partial charge >= 0.3 is 5.97 Å². The summed E-state index contributed by atoms with van der Waals surface area (Å²) in [6.07, 6.45) is 1.83. The number of fused-ring (bicyclic) bond motifs is 1. The van der Waals surface area contributed by atoms with E-state index >= 15 is 0 Å². The van der Waals surface area contributed by atoms with Gasteiger partial charge in [-0.2, -0.15) is 0 Å². The number of esters is 1. The monoisotopic (exact) mass is 285 g/mol. The summed E-state index contributed by atoms with van der Waals surface area (Å²) in [5.41, 5.74) is 2.60. The van der Waals surface area contributed by atoms with E-state index in [9.17, 15) is 4.79 Å². The average Bonchev–Trinajstić information content (AvgIpc) is 2.54. The second-order valence-electron chi connectivity index (χ2n) is 5.34. The molecule has 0 aliphatic carbocycles. The van der Waals surface area contributed by atoms with E-state index < -0.39 is 0 Å². The number of piperazine rings is 1. The third-order valence-electron chi connectivity index (χ3n) is 3.98. The first kappa shape index (κ1) is 13.8.